The third-order valence-corrected chi connectivity index (χ3v) is 3.29. The first kappa shape index (κ1) is 24.7. The number of guanidine groups is 1. The number of rotatable bonds is 7. The van der Waals surface area contributed by atoms with Crippen molar-refractivity contribution in [2.75, 3.05) is 33.7 Å². The summed E-state index contributed by atoms with van der Waals surface area (Å²) >= 11 is 0. The molecule has 0 aliphatic rings. The van der Waals surface area contributed by atoms with E-state index in [2.05, 4.69) is 41.7 Å². The van der Waals surface area contributed by atoms with Crippen molar-refractivity contribution in [3.8, 4) is 0 Å². The molecule has 0 spiro atoms. The lowest BCUT2D eigenvalue weighted by Gasteiger charge is -2.23. The summed E-state index contributed by atoms with van der Waals surface area (Å²) in [6, 6.07) is 7.61. The van der Waals surface area contributed by atoms with E-state index in [1.165, 1.54) is 0 Å². The minimum atomic E-state index is -0.0603. The predicted octanol–water partition coefficient (Wildman–Crippen LogP) is 2.45. The zero-order valence-electron chi connectivity index (χ0n) is 16.8. The summed E-state index contributed by atoms with van der Waals surface area (Å²) in [7, 11) is 3.97. The Morgan fingerprint density at radius 3 is 2.46 bits per heavy atom. The van der Waals surface area contributed by atoms with Crippen molar-refractivity contribution in [2.45, 2.75) is 39.8 Å². The lowest BCUT2D eigenvalue weighted by molar-refractivity contribution is 0.0951. The van der Waals surface area contributed by atoms with Crippen LogP contribution in [0.5, 0.6) is 0 Å². The van der Waals surface area contributed by atoms with Gasteiger partial charge in [-0.3, -0.25) is 4.79 Å². The molecule has 0 radical (unpaired) electrons. The number of aliphatic imine (C=N–C) groups is 1. The van der Waals surface area contributed by atoms with Crippen LogP contribution in [0.25, 0.3) is 0 Å². The van der Waals surface area contributed by atoms with E-state index in [1.54, 1.807) is 0 Å². The van der Waals surface area contributed by atoms with Crippen LogP contribution in [0.2, 0.25) is 0 Å². The zero-order chi connectivity index (χ0) is 18.9. The fourth-order valence-electron chi connectivity index (χ4n) is 2.14. The van der Waals surface area contributed by atoms with E-state index in [0.29, 0.717) is 18.7 Å². The molecular weight excluding hydrogens is 441 g/mol. The maximum absolute atomic E-state index is 12.2. The second kappa shape index (κ2) is 12.1. The number of hydrogen-bond donors (Lipinski definition) is 3. The molecule has 0 fully saturated rings. The van der Waals surface area contributed by atoms with E-state index >= 15 is 0 Å². The number of hydrogen-bond acceptors (Lipinski definition) is 3. The Hall–Kier alpha value is -1.35. The highest BCUT2D eigenvalue weighted by molar-refractivity contribution is 14.0. The number of benzene rings is 1. The third-order valence-electron chi connectivity index (χ3n) is 3.29. The zero-order valence-corrected chi connectivity index (χ0v) is 19.2. The molecule has 0 saturated heterocycles. The van der Waals surface area contributed by atoms with Crippen molar-refractivity contribution < 1.29 is 4.79 Å². The van der Waals surface area contributed by atoms with Gasteiger partial charge in [-0.1, -0.05) is 12.1 Å². The number of halogens is 1. The fraction of sp³-hybridized carbons (Fsp3) is 0.579. The van der Waals surface area contributed by atoms with Crippen molar-refractivity contribution in [2.24, 2.45) is 4.99 Å². The van der Waals surface area contributed by atoms with Crippen LogP contribution in [-0.4, -0.2) is 56.0 Å². The van der Waals surface area contributed by atoms with Crippen LogP contribution in [0, 0.1) is 0 Å². The summed E-state index contributed by atoms with van der Waals surface area (Å²) in [5.74, 6) is 0.725. The molecule has 0 aromatic heterocycles. The Morgan fingerprint density at radius 2 is 1.88 bits per heavy atom. The number of amides is 1. The first-order valence-corrected chi connectivity index (χ1v) is 8.79. The highest BCUT2D eigenvalue weighted by Gasteiger charge is 2.11. The van der Waals surface area contributed by atoms with Gasteiger partial charge in [0.15, 0.2) is 5.96 Å². The van der Waals surface area contributed by atoms with Crippen LogP contribution >= 0.6 is 24.0 Å². The summed E-state index contributed by atoms with van der Waals surface area (Å²) in [5.41, 5.74) is 1.61. The van der Waals surface area contributed by atoms with E-state index in [4.69, 9.17) is 0 Å². The van der Waals surface area contributed by atoms with E-state index in [1.807, 2.05) is 50.2 Å². The van der Waals surface area contributed by atoms with E-state index < -0.39 is 0 Å². The molecule has 0 unspecified atom stereocenters. The SMILES string of the molecule is CCNC(=NCc1cccc(C(=O)NCCN(C)C)c1)NC(C)(C)C.I. The van der Waals surface area contributed by atoms with Crippen molar-refractivity contribution in [1.29, 1.82) is 0 Å². The van der Waals surface area contributed by atoms with Crippen LogP contribution in [0.15, 0.2) is 29.3 Å². The predicted molar refractivity (Wildman–Crippen MR) is 120 cm³/mol. The summed E-state index contributed by atoms with van der Waals surface area (Å²) < 4.78 is 0. The number of nitrogens with zero attached hydrogens (tertiary/aromatic N) is 2. The molecule has 0 saturated carbocycles. The average molecular weight is 475 g/mol. The summed E-state index contributed by atoms with van der Waals surface area (Å²) in [6.45, 7) is 11.1. The molecular formula is C19H34IN5O. The number of carbonyl (C=O) groups is 1. The normalized spacial score (nSPS) is 11.7. The summed E-state index contributed by atoms with van der Waals surface area (Å²) in [4.78, 5) is 18.9. The van der Waals surface area contributed by atoms with Gasteiger partial charge in [0, 0.05) is 30.7 Å². The topological polar surface area (TPSA) is 68.8 Å². The Bertz CT molecular complexity index is 582. The molecule has 0 bridgehead atoms. The Kier molecular flexibility index (Phi) is 11.5. The number of nitrogens with one attached hydrogen (secondary N) is 3. The van der Waals surface area contributed by atoms with Crippen molar-refractivity contribution >= 4 is 35.8 Å². The third kappa shape index (κ3) is 10.6. The lowest BCUT2D eigenvalue weighted by Crippen LogP contribution is -2.47. The molecule has 0 heterocycles. The molecule has 26 heavy (non-hydrogen) atoms. The van der Waals surface area contributed by atoms with Gasteiger partial charge in [0.2, 0.25) is 0 Å². The average Bonchev–Trinajstić information content (AvgIpc) is 2.51. The maximum atomic E-state index is 12.2. The van der Waals surface area contributed by atoms with Crippen molar-refractivity contribution in [1.82, 2.24) is 20.9 Å². The molecule has 7 heteroatoms. The van der Waals surface area contributed by atoms with Gasteiger partial charge in [-0.05, 0) is 59.5 Å². The summed E-state index contributed by atoms with van der Waals surface area (Å²) in [5, 5.41) is 9.53. The first-order valence-electron chi connectivity index (χ1n) is 8.79. The quantitative estimate of drug-likeness (QED) is 0.322. The number of carbonyl (C=O) groups excluding carboxylic acids is 1. The Labute approximate surface area is 175 Å². The monoisotopic (exact) mass is 475 g/mol. The van der Waals surface area contributed by atoms with Gasteiger partial charge >= 0.3 is 0 Å². The van der Waals surface area contributed by atoms with Crippen LogP contribution < -0.4 is 16.0 Å². The molecule has 6 nitrogen and oxygen atoms in total. The van der Waals surface area contributed by atoms with Crippen LogP contribution in [0.3, 0.4) is 0 Å². The molecule has 0 aliphatic heterocycles. The van der Waals surface area contributed by atoms with Crippen LogP contribution in [0.1, 0.15) is 43.6 Å². The van der Waals surface area contributed by atoms with Gasteiger partial charge in [-0.2, -0.15) is 0 Å². The molecule has 1 amide bonds. The Balaban J connectivity index is 0.00000625. The van der Waals surface area contributed by atoms with Crippen LogP contribution in [-0.2, 0) is 6.54 Å². The molecule has 148 valence electrons. The van der Waals surface area contributed by atoms with Crippen LogP contribution in [0.4, 0.5) is 0 Å². The van der Waals surface area contributed by atoms with Gasteiger partial charge < -0.3 is 20.9 Å². The minimum absolute atomic E-state index is 0. The van der Waals surface area contributed by atoms with E-state index in [9.17, 15) is 4.79 Å². The standard InChI is InChI=1S/C19H33N5O.HI/c1-7-20-18(23-19(2,3)4)22-14-15-9-8-10-16(13-15)17(25)21-11-12-24(5)6;/h8-10,13H,7,11-12,14H2,1-6H3,(H,21,25)(H2,20,22,23);1H. The smallest absolute Gasteiger partial charge is 0.251 e. The van der Waals surface area contributed by atoms with Gasteiger partial charge in [0.1, 0.15) is 0 Å². The van der Waals surface area contributed by atoms with E-state index in [0.717, 1.165) is 24.6 Å². The largest absolute Gasteiger partial charge is 0.357 e. The second-order valence-electron chi connectivity index (χ2n) is 7.33. The highest BCUT2D eigenvalue weighted by Crippen LogP contribution is 2.07. The second-order valence-corrected chi connectivity index (χ2v) is 7.33. The summed E-state index contributed by atoms with van der Waals surface area (Å²) in [6.07, 6.45) is 0. The lowest BCUT2D eigenvalue weighted by atomic mass is 10.1. The fourth-order valence-corrected chi connectivity index (χ4v) is 2.14. The van der Waals surface area contributed by atoms with Gasteiger partial charge in [-0.25, -0.2) is 4.99 Å². The Morgan fingerprint density at radius 1 is 1.19 bits per heavy atom. The molecule has 0 atom stereocenters. The molecule has 1 rings (SSSR count). The van der Waals surface area contributed by atoms with Gasteiger partial charge in [0.25, 0.3) is 5.91 Å². The van der Waals surface area contributed by atoms with Crippen molar-refractivity contribution in [3.63, 3.8) is 0 Å². The molecule has 1 aromatic rings. The highest BCUT2D eigenvalue weighted by atomic mass is 127. The molecule has 0 aliphatic carbocycles. The minimum Gasteiger partial charge on any atom is -0.357 e. The number of likely N-dealkylation sites (N-methyl/N-ethyl adjacent to an activating group) is 1. The maximum Gasteiger partial charge on any atom is 0.251 e. The molecule has 1 aromatic carbocycles. The molecule has 3 N–H and O–H groups in total. The van der Waals surface area contributed by atoms with Gasteiger partial charge in [0.05, 0.1) is 6.54 Å². The van der Waals surface area contributed by atoms with E-state index in [-0.39, 0.29) is 35.4 Å². The van der Waals surface area contributed by atoms with Gasteiger partial charge in [-0.15, -0.1) is 24.0 Å². The first-order chi connectivity index (χ1) is 11.7. The van der Waals surface area contributed by atoms with Crippen molar-refractivity contribution in [3.05, 3.63) is 35.4 Å².